The Hall–Kier alpha value is -2.09. The molecule has 1 aliphatic rings. The molecule has 1 atom stereocenters. The van der Waals surface area contributed by atoms with Crippen LogP contribution in [0.25, 0.3) is 22.0 Å². The first-order chi connectivity index (χ1) is 11.3. The second kappa shape index (κ2) is 6.19. The third-order valence-corrected chi connectivity index (χ3v) is 4.82. The van der Waals surface area contributed by atoms with Crippen molar-refractivity contribution in [1.29, 1.82) is 0 Å². The van der Waals surface area contributed by atoms with Crippen molar-refractivity contribution in [2.24, 2.45) is 0 Å². The van der Waals surface area contributed by atoms with Gasteiger partial charge in [0.2, 0.25) is 0 Å². The van der Waals surface area contributed by atoms with Crippen LogP contribution in [0.3, 0.4) is 0 Å². The summed E-state index contributed by atoms with van der Waals surface area (Å²) in [5.41, 5.74) is 2.02. The maximum Gasteiger partial charge on any atom is 0.269 e. The molecule has 1 fully saturated rings. The Balaban J connectivity index is 1.59. The molecule has 1 N–H and O–H groups in total. The predicted molar refractivity (Wildman–Crippen MR) is 89.1 cm³/mol. The Morgan fingerprint density at radius 3 is 3.00 bits per heavy atom. The van der Waals surface area contributed by atoms with Crippen LogP contribution in [0.15, 0.2) is 40.9 Å². The van der Waals surface area contributed by atoms with Gasteiger partial charge in [-0.3, -0.25) is 4.90 Å². The third kappa shape index (κ3) is 2.90. The van der Waals surface area contributed by atoms with Crippen molar-refractivity contribution in [3.8, 4) is 22.0 Å². The summed E-state index contributed by atoms with van der Waals surface area (Å²) < 4.78 is 9.95. The molecule has 1 unspecified atom stereocenters. The molecule has 4 rings (SSSR count). The summed E-state index contributed by atoms with van der Waals surface area (Å²) >= 11 is 1.38. The van der Waals surface area contributed by atoms with Crippen LogP contribution in [-0.2, 0) is 0 Å². The maximum absolute atomic E-state index is 5.46. The lowest BCUT2D eigenvalue weighted by Crippen LogP contribution is -2.44. The molecule has 0 saturated carbocycles. The van der Waals surface area contributed by atoms with Gasteiger partial charge in [0, 0.05) is 25.2 Å². The SMILES string of the molecule is CN1CCNCC1c1noc(-c2cc(-c3ccccc3)ns2)n1. The standard InChI is InChI=1S/C16H17N5OS/c1-21-8-7-17-10-13(21)15-18-16(22-19-15)14-9-12(20-23-14)11-5-3-2-4-6-11/h2-6,9,13,17H,7-8,10H2,1H3. The van der Waals surface area contributed by atoms with Gasteiger partial charge < -0.3 is 9.84 Å². The van der Waals surface area contributed by atoms with Gasteiger partial charge in [0.1, 0.15) is 4.88 Å². The van der Waals surface area contributed by atoms with E-state index in [4.69, 9.17) is 4.52 Å². The highest BCUT2D eigenvalue weighted by molar-refractivity contribution is 7.09. The van der Waals surface area contributed by atoms with E-state index in [0.29, 0.717) is 5.89 Å². The van der Waals surface area contributed by atoms with Crippen molar-refractivity contribution in [3.05, 3.63) is 42.2 Å². The maximum atomic E-state index is 5.46. The fraction of sp³-hybridized carbons (Fsp3) is 0.312. The highest BCUT2D eigenvalue weighted by Crippen LogP contribution is 2.29. The zero-order valence-corrected chi connectivity index (χ0v) is 13.6. The summed E-state index contributed by atoms with van der Waals surface area (Å²) in [7, 11) is 2.09. The molecule has 1 aromatic carbocycles. The van der Waals surface area contributed by atoms with Gasteiger partial charge in [0.15, 0.2) is 5.82 Å². The van der Waals surface area contributed by atoms with Crippen LogP contribution in [0.5, 0.6) is 0 Å². The topological polar surface area (TPSA) is 67.1 Å². The van der Waals surface area contributed by atoms with Gasteiger partial charge in [-0.15, -0.1) is 0 Å². The average molecular weight is 327 g/mol. The highest BCUT2D eigenvalue weighted by atomic mass is 32.1. The molecule has 7 heteroatoms. The molecule has 1 saturated heterocycles. The summed E-state index contributed by atoms with van der Waals surface area (Å²) in [6.45, 7) is 2.81. The molecular formula is C16H17N5OS. The van der Waals surface area contributed by atoms with E-state index in [0.717, 1.165) is 41.6 Å². The molecule has 0 radical (unpaired) electrons. The molecule has 1 aliphatic heterocycles. The van der Waals surface area contributed by atoms with Crippen molar-refractivity contribution in [2.75, 3.05) is 26.7 Å². The Bertz CT molecular complexity index is 785. The lowest BCUT2D eigenvalue weighted by Gasteiger charge is -2.30. The van der Waals surface area contributed by atoms with Crippen molar-refractivity contribution in [3.63, 3.8) is 0 Å². The fourth-order valence-electron chi connectivity index (χ4n) is 2.69. The van der Waals surface area contributed by atoms with Crippen LogP contribution in [-0.4, -0.2) is 46.1 Å². The Morgan fingerprint density at radius 1 is 1.30 bits per heavy atom. The van der Waals surface area contributed by atoms with E-state index in [-0.39, 0.29) is 6.04 Å². The molecule has 3 aromatic rings. The molecule has 23 heavy (non-hydrogen) atoms. The van der Waals surface area contributed by atoms with Crippen molar-refractivity contribution in [1.82, 2.24) is 24.7 Å². The van der Waals surface area contributed by atoms with Gasteiger partial charge in [-0.25, -0.2) is 0 Å². The largest absolute Gasteiger partial charge is 0.333 e. The quantitative estimate of drug-likeness (QED) is 0.797. The van der Waals surface area contributed by atoms with Gasteiger partial charge in [-0.05, 0) is 24.6 Å². The van der Waals surface area contributed by atoms with E-state index < -0.39 is 0 Å². The van der Waals surface area contributed by atoms with Gasteiger partial charge in [0.05, 0.1) is 11.7 Å². The molecule has 3 heterocycles. The molecular weight excluding hydrogens is 310 g/mol. The van der Waals surface area contributed by atoms with Crippen LogP contribution in [0.1, 0.15) is 11.9 Å². The minimum atomic E-state index is 0.155. The van der Waals surface area contributed by atoms with Crippen molar-refractivity contribution in [2.45, 2.75) is 6.04 Å². The summed E-state index contributed by atoms with van der Waals surface area (Å²) in [5.74, 6) is 1.27. The van der Waals surface area contributed by atoms with Gasteiger partial charge >= 0.3 is 0 Å². The predicted octanol–water partition coefficient (Wildman–Crippen LogP) is 2.44. The summed E-state index contributed by atoms with van der Waals surface area (Å²) in [4.78, 5) is 7.71. The van der Waals surface area contributed by atoms with Crippen molar-refractivity contribution >= 4 is 11.5 Å². The lowest BCUT2D eigenvalue weighted by molar-refractivity contribution is 0.190. The fourth-order valence-corrected chi connectivity index (χ4v) is 3.37. The molecule has 118 valence electrons. The Kier molecular flexibility index (Phi) is 3.90. The number of hydrogen-bond acceptors (Lipinski definition) is 7. The van der Waals surface area contributed by atoms with E-state index in [9.17, 15) is 0 Å². The molecule has 0 amide bonds. The van der Waals surface area contributed by atoms with Crippen LogP contribution in [0.2, 0.25) is 0 Å². The van der Waals surface area contributed by atoms with Crippen LogP contribution in [0, 0.1) is 0 Å². The van der Waals surface area contributed by atoms with Crippen molar-refractivity contribution < 1.29 is 4.52 Å². The first-order valence-electron chi connectivity index (χ1n) is 7.58. The van der Waals surface area contributed by atoms with E-state index in [1.807, 2.05) is 36.4 Å². The van der Waals surface area contributed by atoms with Gasteiger partial charge in [-0.2, -0.15) is 9.36 Å². The minimum absolute atomic E-state index is 0.155. The molecule has 0 aliphatic carbocycles. The molecule has 6 nitrogen and oxygen atoms in total. The van der Waals surface area contributed by atoms with Gasteiger partial charge in [0.25, 0.3) is 5.89 Å². The number of piperazine rings is 1. The Morgan fingerprint density at radius 2 is 2.17 bits per heavy atom. The number of benzene rings is 1. The number of rotatable bonds is 3. The van der Waals surface area contributed by atoms with E-state index in [1.54, 1.807) is 0 Å². The smallest absolute Gasteiger partial charge is 0.269 e. The zero-order chi connectivity index (χ0) is 15.6. The normalized spacial score (nSPS) is 19.1. The van der Waals surface area contributed by atoms with E-state index in [2.05, 4.69) is 31.8 Å². The molecule has 0 spiro atoms. The number of hydrogen-bond donors (Lipinski definition) is 1. The summed E-state index contributed by atoms with van der Waals surface area (Å²) in [6, 6.07) is 12.2. The van der Waals surface area contributed by atoms with Crippen LogP contribution < -0.4 is 5.32 Å². The lowest BCUT2D eigenvalue weighted by atomic mass is 10.1. The van der Waals surface area contributed by atoms with E-state index >= 15 is 0 Å². The zero-order valence-electron chi connectivity index (χ0n) is 12.8. The van der Waals surface area contributed by atoms with E-state index in [1.165, 1.54) is 11.5 Å². The average Bonchev–Trinajstić information content (AvgIpc) is 3.25. The van der Waals surface area contributed by atoms with Gasteiger partial charge in [-0.1, -0.05) is 35.5 Å². The number of likely N-dealkylation sites (N-methyl/N-ethyl adjacent to an activating group) is 1. The highest BCUT2D eigenvalue weighted by Gasteiger charge is 2.26. The minimum Gasteiger partial charge on any atom is -0.333 e. The number of aromatic nitrogens is 3. The first-order valence-corrected chi connectivity index (χ1v) is 8.35. The first kappa shape index (κ1) is 14.5. The molecule has 0 bridgehead atoms. The van der Waals surface area contributed by atoms with Crippen LogP contribution in [0.4, 0.5) is 0 Å². The number of nitrogens with zero attached hydrogens (tertiary/aromatic N) is 4. The summed E-state index contributed by atoms with van der Waals surface area (Å²) in [6.07, 6.45) is 0. The monoisotopic (exact) mass is 327 g/mol. The second-order valence-corrected chi connectivity index (χ2v) is 6.41. The third-order valence-electron chi connectivity index (χ3n) is 4.04. The molecule has 2 aromatic heterocycles. The Labute approximate surface area is 138 Å². The number of nitrogens with one attached hydrogen (secondary N) is 1. The van der Waals surface area contributed by atoms with Crippen LogP contribution >= 0.6 is 11.5 Å². The summed E-state index contributed by atoms with van der Waals surface area (Å²) in [5, 5.41) is 7.53. The second-order valence-electron chi connectivity index (χ2n) is 5.60.